The van der Waals surface area contributed by atoms with E-state index in [4.69, 9.17) is 0 Å². The van der Waals surface area contributed by atoms with E-state index in [1.807, 2.05) is 58.3 Å². The van der Waals surface area contributed by atoms with Crippen LogP contribution in [0.15, 0.2) is 37.2 Å². The van der Waals surface area contributed by atoms with E-state index in [1.165, 1.54) is 103 Å². The maximum atomic E-state index is 4.47. The Labute approximate surface area is 232 Å². The number of aromatic nitrogens is 6. The van der Waals surface area contributed by atoms with Crippen molar-refractivity contribution in [3.63, 3.8) is 0 Å². The van der Waals surface area contributed by atoms with Gasteiger partial charge in [0.25, 0.3) is 0 Å². The van der Waals surface area contributed by atoms with E-state index >= 15 is 0 Å². The Morgan fingerprint density at radius 1 is 0.447 bits per heavy atom. The smallest absolute Gasteiger partial charge is 0.108 e. The molecule has 0 saturated heterocycles. The maximum absolute atomic E-state index is 4.47. The first-order valence-corrected chi connectivity index (χ1v) is 15.5. The average molecular weight is 523 g/mol. The van der Waals surface area contributed by atoms with Gasteiger partial charge < -0.3 is 13.7 Å². The van der Waals surface area contributed by atoms with Crippen LogP contribution >= 0.6 is 0 Å². The summed E-state index contributed by atoms with van der Waals surface area (Å²) in [5.41, 5.74) is 0. The topological polar surface area (TPSA) is 53.5 Å². The second-order valence-corrected chi connectivity index (χ2v) is 11.5. The van der Waals surface area contributed by atoms with Crippen molar-refractivity contribution in [1.82, 2.24) is 28.7 Å². The molecule has 0 radical (unpaired) electrons. The molecule has 3 aromatic rings. The fraction of sp³-hybridized carbons (Fsp3) is 0.719. The van der Waals surface area contributed by atoms with Gasteiger partial charge >= 0.3 is 0 Å². The summed E-state index contributed by atoms with van der Waals surface area (Å²) in [5, 5.41) is 0. The molecule has 3 heterocycles. The molecule has 0 bridgehead atoms. The first kappa shape index (κ1) is 30.2. The van der Waals surface area contributed by atoms with E-state index in [0.29, 0.717) is 5.92 Å². The minimum absolute atomic E-state index is 0.420. The van der Waals surface area contributed by atoms with Gasteiger partial charge in [-0.05, 0) is 5.92 Å². The zero-order valence-corrected chi connectivity index (χ0v) is 24.7. The molecule has 0 unspecified atom stereocenters. The molecule has 4 aliphatic carbocycles. The Bertz CT molecular complexity index is 819. The number of hydrogen-bond donors (Lipinski definition) is 0. The lowest BCUT2D eigenvalue weighted by atomic mass is 9.96. The van der Waals surface area contributed by atoms with Crippen LogP contribution in [0.1, 0.15) is 120 Å². The molecule has 4 fully saturated rings. The van der Waals surface area contributed by atoms with Gasteiger partial charge in [-0.3, -0.25) is 0 Å². The van der Waals surface area contributed by atoms with Crippen LogP contribution < -0.4 is 0 Å². The van der Waals surface area contributed by atoms with Crippen LogP contribution in [0.4, 0.5) is 0 Å². The quantitative estimate of drug-likeness (QED) is 0.332. The molecule has 6 nitrogen and oxygen atoms in total. The average Bonchev–Trinajstić information content (AvgIpc) is 3.41. The van der Waals surface area contributed by atoms with Gasteiger partial charge in [-0.2, -0.15) is 0 Å². The number of aryl methyl sites for hydroxylation is 3. The third-order valence-corrected chi connectivity index (χ3v) is 8.18. The molecule has 0 atom stereocenters. The maximum Gasteiger partial charge on any atom is 0.108 e. The zero-order valence-electron chi connectivity index (χ0n) is 24.7. The van der Waals surface area contributed by atoms with Crippen molar-refractivity contribution in [2.45, 2.75) is 122 Å². The van der Waals surface area contributed by atoms with Gasteiger partial charge in [0.1, 0.15) is 17.5 Å². The highest BCUT2D eigenvalue weighted by Crippen LogP contribution is 2.18. The number of imidazole rings is 3. The molecule has 4 saturated carbocycles. The molecule has 0 N–H and O–H groups in total. The van der Waals surface area contributed by atoms with Crippen LogP contribution in [0.5, 0.6) is 0 Å². The Kier molecular flexibility index (Phi) is 14.3. The van der Waals surface area contributed by atoms with Gasteiger partial charge in [-0.25, -0.2) is 15.0 Å². The lowest BCUT2D eigenvalue weighted by molar-refractivity contribution is 0.463. The zero-order chi connectivity index (χ0) is 26.8. The first-order chi connectivity index (χ1) is 18.6. The summed E-state index contributed by atoms with van der Waals surface area (Å²) in [5.74, 6) is 3.73. The Morgan fingerprint density at radius 2 is 0.658 bits per heavy atom. The van der Waals surface area contributed by atoms with Crippen molar-refractivity contribution in [2.75, 3.05) is 0 Å². The van der Waals surface area contributed by atoms with E-state index in [-0.39, 0.29) is 0 Å². The molecule has 6 heteroatoms. The van der Waals surface area contributed by atoms with E-state index in [0.717, 1.165) is 36.7 Å². The van der Waals surface area contributed by atoms with E-state index in [2.05, 4.69) is 28.7 Å². The van der Waals surface area contributed by atoms with Gasteiger partial charge in [-0.1, -0.05) is 103 Å². The molecular weight excluding hydrogens is 468 g/mol. The van der Waals surface area contributed by atoms with Crippen LogP contribution in [0.2, 0.25) is 0 Å². The van der Waals surface area contributed by atoms with Crippen molar-refractivity contribution in [1.29, 1.82) is 0 Å². The van der Waals surface area contributed by atoms with Gasteiger partial charge in [0, 0.05) is 77.6 Å². The highest BCUT2D eigenvalue weighted by molar-refractivity contribution is 5.02. The van der Waals surface area contributed by atoms with Crippen LogP contribution in [0.3, 0.4) is 0 Å². The van der Waals surface area contributed by atoms with Crippen molar-refractivity contribution in [3.05, 3.63) is 54.7 Å². The number of hydrogen-bond acceptors (Lipinski definition) is 3. The summed E-state index contributed by atoms with van der Waals surface area (Å²) in [6, 6.07) is 0. The van der Waals surface area contributed by atoms with Crippen LogP contribution in [0.25, 0.3) is 0 Å². The van der Waals surface area contributed by atoms with Gasteiger partial charge in [-0.15, -0.1) is 0 Å². The van der Waals surface area contributed by atoms with Crippen molar-refractivity contribution in [2.24, 2.45) is 27.1 Å². The van der Waals surface area contributed by atoms with Gasteiger partial charge in [0.05, 0.1) is 0 Å². The molecule has 38 heavy (non-hydrogen) atoms. The molecule has 0 aliphatic heterocycles. The third kappa shape index (κ3) is 11.6. The Morgan fingerprint density at radius 3 is 0.789 bits per heavy atom. The van der Waals surface area contributed by atoms with Crippen molar-refractivity contribution in [3.8, 4) is 0 Å². The summed E-state index contributed by atoms with van der Waals surface area (Å²) < 4.78 is 6.26. The summed E-state index contributed by atoms with van der Waals surface area (Å²) in [6.07, 6.45) is 38.3. The van der Waals surface area contributed by atoms with Crippen LogP contribution in [-0.4, -0.2) is 28.7 Å². The van der Waals surface area contributed by atoms with Crippen LogP contribution in [0, 0.1) is 5.92 Å². The highest BCUT2D eigenvalue weighted by Gasteiger charge is 2.18. The first-order valence-electron chi connectivity index (χ1n) is 15.5. The second kappa shape index (κ2) is 18.0. The summed E-state index contributed by atoms with van der Waals surface area (Å²) in [6.45, 7) is 0. The second-order valence-electron chi connectivity index (χ2n) is 11.5. The number of nitrogens with zero attached hydrogens (tertiary/aromatic N) is 6. The molecule has 212 valence electrons. The predicted octanol–water partition coefficient (Wildman–Crippen LogP) is 7.77. The van der Waals surface area contributed by atoms with Gasteiger partial charge in [0.15, 0.2) is 0 Å². The SMILES string of the molecule is C1CCC1.C1CCC1.C1CCC1.C1CCC1.Cn1ccnc1CC(Cc1nccn1C)Cc1nccn1C. The highest BCUT2D eigenvalue weighted by atomic mass is 15.1. The normalized spacial score (nSPS) is 16.7. The fourth-order valence-corrected chi connectivity index (χ4v) is 3.77. The Balaban J connectivity index is 0.000000197. The van der Waals surface area contributed by atoms with E-state index in [9.17, 15) is 0 Å². The lowest BCUT2D eigenvalue weighted by Crippen LogP contribution is -2.18. The minimum Gasteiger partial charge on any atom is -0.338 e. The molecule has 7 rings (SSSR count). The molecule has 0 spiro atoms. The van der Waals surface area contributed by atoms with E-state index in [1.54, 1.807) is 0 Å². The summed E-state index contributed by atoms with van der Waals surface area (Å²) in [4.78, 5) is 13.4. The molecule has 3 aromatic heterocycles. The number of rotatable bonds is 6. The van der Waals surface area contributed by atoms with Gasteiger partial charge in [0.2, 0.25) is 0 Å². The predicted molar refractivity (Wildman–Crippen MR) is 158 cm³/mol. The Hall–Kier alpha value is -2.37. The third-order valence-electron chi connectivity index (χ3n) is 8.18. The largest absolute Gasteiger partial charge is 0.338 e. The monoisotopic (exact) mass is 522 g/mol. The molecular formula is C32H54N6. The standard InChI is InChI=1S/C16H22N6.4C4H8/c1-20-7-4-17-14(20)10-13(11-15-18-5-8-21(15)2)12-16-19-6-9-22(16)3;4*1-2-4-3-1/h4-9,13H,10-12H2,1-3H3;4*1-4H2. The molecule has 4 aliphatic rings. The fourth-order valence-electron chi connectivity index (χ4n) is 3.77. The summed E-state index contributed by atoms with van der Waals surface area (Å²) >= 11 is 0. The lowest BCUT2D eigenvalue weighted by Gasteiger charge is -2.16. The van der Waals surface area contributed by atoms with E-state index < -0.39 is 0 Å². The van der Waals surface area contributed by atoms with Crippen molar-refractivity contribution < 1.29 is 0 Å². The molecule has 0 amide bonds. The van der Waals surface area contributed by atoms with Crippen LogP contribution in [-0.2, 0) is 40.4 Å². The molecule has 0 aromatic carbocycles. The summed E-state index contributed by atoms with van der Waals surface area (Å²) in [7, 11) is 6.13. The minimum atomic E-state index is 0.420. The van der Waals surface area contributed by atoms with Crippen molar-refractivity contribution >= 4 is 0 Å².